The maximum Gasteiger partial charge on any atom is 0.214 e. The molecule has 1 aliphatic heterocycles. The average molecular weight is 305 g/mol. The second-order valence-electron chi connectivity index (χ2n) is 6.86. The van der Waals surface area contributed by atoms with Crippen molar-refractivity contribution in [3.63, 3.8) is 0 Å². The molecular weight excluding hydrogens is 272 g/mol. The molecule has 0 aromatic heterocycles. The summed E-state index contributed by atoms with van der Waals surface area (Å²) in [5, 5.41) is 3.43. The van der Waals surface area contributed by atoms with Crippen molar-refractivity contribution < 1.29 is 8.42 Å². The van der Waals surface area contributed by atoms with Crippen molar-refractivity contribution in [2.24, 2.45) is 11.8 Å². The molecule has 4 nitrogen and oxygen atoms in total. The summed E-state index contributed by atoms with van der Waals surface area (Å²) in [4.78, 5) is 0. The zero-order chi connectivity index (χ0) is 15.2. The maximum atomic E-state index is 12.5. The highest BCUT2D eigenvalue weighted by atomic mass is 32.2. The van der Waals surface area contributed by atoms with Gasteiger partial charge >= 0.3 is 0 Å². The van der Waals surface area contributed by atoms with Crippen LogP contribution in [0.25, 0.3) is 0 Å². The van der Waals surface area contributed by atoms with Gasteiger partial charge in [-0.15, -0.1) is 0 Å². The van der Waals surface area contributed by atoms with E-state index in [1.165, 1.54) is 12.8 Å². The second kappa shape index (κ2) is 8.35. The van der Waals surface area contributed by atoms with E-state index in [0.29, 0.717) is 31.0 Å². The minimum Gasteiger partial charge on any atom is -0.314 e. The van der Waals surface area contributed by atoms with Gasteiger partial charge in [0.1, 0.15) is 0 Å². The number of nitrogens with zero attached hydrogens (tertiary/aromatic N) is 1. The van der Waals surface area contributed by atoms with Gasteiger partial charge in [0.2, 0.25) is 10.0 Å². The monoisotopic (exact) mass is 304 g/mol. The van der Waals surface area contributed by atoms with E-state index < -0.39 is 10.0 Å². The summed E-state index contributed by atoms with van der Waals surface area (Å²) in [5.41, 5.74) is 0. The zero-order valence-electron chi connectivity index (χ0n) is 13.6. The SMILES string of the molecule is CC(C)CN(CC(C)C)S(=O)(=O)CCC1CCCCN1. The first kappa shape index (κ1) is 17.9. The smallest absolute Gasteiger partial charge is 0.214 e. The highest BCUT2D eigenvalue weighted by Gasteiger charge is 2.25. The molecule has 0 aromatic carbocycles. The Kier molecular flexibility index (Phi) is 7.48. The minimum absolute atomic E-state index is 0.282. The molecule has 1 heterocycles. The lowest BCUT2D eigenvalue weighted by molar-refractivity contribution is 0.330. The lowest BCUT2D eigenvalue weighted by Crippen LogP contribution is -2.41. The van der Waals surface area contributed by atoms with Crippen molar-refractivity contribution >= 4 is 10.0 Å². The molecule has 0 radical (unpaired) electrons. The summed E-state index contributed by atoms with van der Waals surface area (Å²) >= 11 is 0. The normalized spacial score (nSPS) is 21.1. The summed E-state index contributed by atoms with van der Waals surface area (Å²) in [6.07, 6.45) is 4.30. The van der Waals surface area contributed by atoms with Crippen LogP contribution in [-0.4, -0.2) is 44.2 Å². The van der Waals surface area contributed by atoms with E-state index in [0.717, 1.165) is 19.4 Å². The summed E-state index contributed by atoms with van der Waals surface area (Å²) < 4.78 is 26.8. The van der Waals surface area contributed by atoms with Crippen molar-refractivity contribution in [1.82, 2.24) is 9.62 Å². The third kappa shape index (κ3) is 6.55. The quantitative estimate of drug-likeness (QED) is 0.749. The van der Waals surface area contributed by atoms with E-state index in [-0.39, 0.29) is 5.75 Å². The lowest BCUT2D eigenvalue weighted by atomic mass is 10.0. The Morgan fingerprint density at radius 2 is 1.70 bits per heavy atom. The number of sulfonamides is 1. The molecule has 0 saturated carbocycles. The highest BCUT2D eigenvalue weighted by molar-refractivity contribution is 7.89. The topological polar surface area (TPSA) is 49.4 Å². The van der Waals surface area contributed by atoms with Crippen molar-refractivity contribution in [3.05, 3.63) is 0 Å². The standard InChI is InChI=1S/C15H32N2O2S/c1-13(2)11-17(12-14(3)4)20(18,19)10-8-15-7-5-6-9-16-15/h13-16H,5-12H2,1-4H3. The van der Waals surface area contributed by atoms with Crippen LogP contribution >= 0.6 is 0 Å². The van der Waals surface area contributed by atoms with Crippen LogP contribution in [0.15, 0.2) is 0 Å². The average Bonchev–Trinajstić information content (AvgIpc) is 2.36. The molecule has 0 aliphatic carbocycles. The van der Waals surface area contributed by atoms with Crippen LogP contribution in [0.2, 0.25) is 0 Å². The van der Waals surface area contributed by atoms with E-state index >= 15 is 0 Å². The van der Waals surface area contributed by atoms with Gasteiger partial charge in [0.15, 0.2) is 0 Å². The summed E-state index contributed by atoms with van der Waals surface area (Å²) in [7, 11) is -3.12. The van der Waals surface area contributed by atoms with Gasteiger partial charge in [-0.05, 0) is 37.6 Å². The fraction of sp³-hybridized carbons (Fsp3) is 1.00. The fourth-order valence-electron chi connectivity index (χ4n) is 2.71. The number of nitrogens with one attached hydrogen (secondary N) is 1. The molecule has 0 bridgehead atoms. The van der Waals surface area contributed by atoms with Gasteiger partial charge in [-0.1, -0.05) is 34.1 Å². The molecule has 1 atom stereocenters. The number of hydrogen-bond donors (Lipinski definition) is 1. The molecule has 1 N–H and O–H groups in total. The van der Waals surface area contributed by atoms with Crippen LogP contribution in [0.1, 0.15) is 53.4 Å². The molecule has 0 amide bonds. The molecule has 1 unspecified atom stereocenters. The van der Waals surface area contributed by atoms with Crippen molar-refractivity contribution in [3.8, 4) is 0 Å². The molecular formula is C15H32N2O2S. The summed E-state index contributed by atoms with van der Waals surface area (Å²) in [5.74, 6) is 1.03. The van der Waals surface area contributed by atoms with Gasteiger partial charge in [-0.3, -0.25) is 0 Å². The van der Waals surface area contributed by atoms with E-state index in [2.05, 4.69) is 33.0 Å². The zero-order valence-corrected chi connectivity index (χ0v) is 14.4. The van der Waals surface area contributed by atoms with E-state index in [1.807, 2.05) is 0 Å². The van der Waals surface area contributed by atoms with Crippen LogP contribution in [0.4, 0.5) is 0 Å². The number of piperidine rings is 1. The Hall–Kier alpha value is -0.130. The van der Waals surface area contributed by atoms with Gasteiger partial charge in [-0.2, -0.15) is 0 Å². The Morgan fingerprint density at radius 1 is 1.10 bits per heavy atom. The number of hydrogen-bond acceptors (Lipinski definition) is 3. The van der Waals surface area contributed by atoms with Crippen LogP contribution < -0.4 is 5.32 Å². The van der Waals surface area contributed by atoms with E-state index in [1.54, 1.807) is 4.31 Å². The molecule has 0 spiro atoms. The molecule has 1 rings (SSSR count). The Morgan fingerprint density at radius 3 is 2.15 bits per heavy atom. The maximum absolute atomic E-state index is 12.5. The molecule has 20 heavy (non-hydrogen) atoms. The second-order valence-corrected chi connectivity index (χ2v) is 8.94. The first-order valence-corrected chi connectivity index (χ1v) is 9.63. The largest absolute Gasteiger partial charge is 0.314 e. The number of rotatable bonds is 8. The molecule has 1 aliphatic rings. The lowest BCUT2D eigenvalue weighted by Gasteiger charge is -2.28. The molecule has 120 valence electrons. The molecule has 5 heteroatoms. The van der Waals surface area contributed by atoms with Crippen LogP contribution in [-0.2, 0) is 10.0 Å². The Labute approximate surface area is 125 Å². The Balaban J connectivity index is 2.56. The molecule has 1 fully saturated rings. The van der Waals surface area contributed by atoms with Crippen LogP contribution in [0.3, 0.4) is 0 Å². The molecule has 0 aromatic rings. The summed E-state index contributed by atoms with van der Waals surface area (Å²) in [6, 6.07) is 0.387. The van der Waals surface area contributed by atoms with Gasteiger partial charge in [0, 0.05) is 19.1 Å². The van der Waals surface area contributed by atoms with Gasteiger partial charge in [0.05, 0.1) is 5.75 Å². The third-order valence-corrected chi connectivity index (χ3v) is 5.50. The highest BCUT2D eigenvalue weighted by Crippen LogP contribution is 2.15. The predicted octanol–water partition coefficient (Wildman–Crippen LogP) is 2.46. The van der Waals surface area contributed by atoms with Crippen molar-refractivity contribution in [1.29, 1.82) is 0 Å². The van der Waals surface area contributed by atoms with Crippen LogP contribution in [0, 0.1) is 11.8 Å². The van der Waals surface area contributed by atoms with Crippen molar-refractivity contribution in [2.75, 3.05) is 25.4 Å². The predicted molar refractivity (Wildman–Crippen MR) is 85.3 cm³/mol. The van der Waals surface area contributed by atoms with E-state index in [4.69, 9.17) is 0 Å². The fourth-order valence-corrected chi connectivity index (χ4v) is 4.60. The minimum atomic E-state index is -3.12. The Bertz CT molecular complexity index is 350. The van der Waals surface area contributed by atoms with Gasteiger partial charge < -0.3 is 5.32 Å². The van der Waals surface area contributed by atoms with E-state index in [9.17, 15) is 8.42 Å². The van der Waals surface area contributed by atoms with Gasteiger partial charge in [0.25, 0.3) is 0 Å². The third-order valence-electron chi connectivity index (χ3n) is 3.67. The molecule has 1 saturated heterocycles. The van der Waals surface area contributed by atoms with Crippen LogP contribution in [0.5, 0.6) is 0 Å². The van der Waals surface area contributed by atoms with Crippen molar-refractivity contribution in [2.45, 2.75) is 59.4 Å². The van der Waals surface area contributed by atoms with Gasteiger partial charge in [-0.25, -0.2) is 12.7 Å². The first-order chi connectivity index (χ1) is 9.31. The summed E-state index contributed by atoms with van der Waals surface area (Å²) in [6.45, 7) is 10.6. The first-order valence-electron chi connectivity index (χ1n) is 8.02.